The van der Waals surface area contributed by atoms with E-state index < -0.39 is 17.6 Å². The molecular formula is C19H19NO4. The number of carbonyl (C=O) groups is 2. The lowest BCUT2D eigenvalue weighted by Crippen LogP contribution is -2.49. The average molecular weight is 325 g/mol. The molecule has 0 unspecified atom stereocenters. The molecule has 5 heteroatoms. The second-order valence-corrected chi connectivity index (χ2v) is 6.41. The lowest BCUT2D eigenvalue weighted by Gasteiger charge is -2.20. The maximum atomic E-state index is 11.9. The summed E-state index contributed by atoms with van der Waals surface area (Å²) in [6.07, 6.45) is 0.0725. The Hall–Kier alpha value is -2.82. The Morgan fingerprint density at radius 1 is 1.12 bits per heavy atom. The SMILES string of the molecule is CC(C)(NC(=O)OCc1cccc2c1Cc1ccccc1-2)C(=O)O. The number of rotatable bonds is 4. The number of hydrogen-bond donors (Lipinski definition) is 2. The molecule has 1 aliphatic rings. The highest BCUT2D eigenvalue weighted by molar-refractivity contribution is 5.83. The fourth-order valence-corrected chi connectivity index (χ4v) is 2.85. The van der Waals surface area contributed by atoms with Crippen molar-refractivity contribution in [3.05, 3.63) is 59.2 Å². The van der Waals surface area contributed by atoms with Crippen molar-refractivity contribution < 1.29 is 19.4 Å². The summed E-state index contributed by atoms with van der Waals surface area (Å²) in [5.74, 6) is -1.12. The highest BCUT2D eigenvalue weighted by Gasteiger charge is 2.30. The lowest BCUT2D eigenvalue weighted by molar-refractivity contribution is -0.143. The van der Waals surface area contributed by atoms with Crippen LogP contribution in [0.2, 0.25) is 0 Å². The highest BCUT2D eigenvalue weighted by Crippen LogP contribution is 2.38. The zero-order chi connectivity index (χ0) is 17.3. The van der Waals surface area contributed by atoms with Crippen molar-refractivity contribution in [3.8, 4) is 11.1 Å². The maximum Gasteiger partial charge on any atom is 0.408 e. The number of nitrogens with one attached hydrogen (secondary N) is 1. The quantitative estimate of drug-likeness (QED) is 0.771. The van der Waals surface area contributed by atoms with E-state index in [1.165, 1.54) is 25.0 Å². The van der Waals surface area contributed by atoms with Crippen molar-refractivity contribution in [3.63, 3.8) is 0 Å². The molecule has 2 N–H and O–H groups in total. The minimum Gasteiger partial charge on any atom is -0.480 e. The summed E-state index contributed by atoms with van der Waals surface area (Å²) in [4.78, 5) is 22.9. The number of fused-ring (bicyclic) bond motifs is 3. The predicted octanol–water partition coefficient (Wildman–Crippen LogP) is 3.35. The number of benzene rings is 2. The van der Waals surface area contributed by atoms with Crippen LogP contribution in [0, 0.1) is 0 Å². The molecule has 0 radical (unpaired) electrons. The second-order valence-electron chi connectivity index (χ2n) is 6.41. The monoisotopic (exact) mass is 325 g/mol. The van der Waals surface area contributed by atoms with Crippen LogP contribution in [0.4, 0.5) is 4.79 Å². The van der Waals surface area contributed by atoms with Crippen molar-refractivity contribution in [2.75, 3.05) is 0 Å². The van der Waals surface area contributed by atoms with Crippen LogP contribution in [0.1, 0.15) is 30.5 Å². The summed E-state index contributed by atoms with van der Waals surface area (Å²) in [5, 5.41) is 11.4. The van der Waals surface area contributed by atoms with Crippen LogP contribution in [0.15, 0.2) is 42.5 Å². The number of carboxylic acids is 1. The first-order chi connectivity index (χ1) is 11.4. The van der Waals surface area contributed by atoms with E-state index in [-0.39, 0.29) is 6.61 Å². The number of hydrogen-bond acceptors (Lipinski definition) is 3. The minimum absolute atomic E-state index is 0.110. The number of carbonyl (C=O) groups excluding carboxylic acids is 1. The molecule has 3 rings (SSSR count). The summed E-state index contributed by atoms with van der Waals surface area (Å²) < 4.78 is 5.22. The number of amides is 1. The summed E-state index contributed by atoms with van der Waals surface area (Å²) in [6, 6.07) is 14.2. The summed E-state index contributed by atoms with van der Waals surface area (Å²) in [7, 11) is 0. The summed E-state index contributed by atoms with van der Waals surface area (Å²) in [5.41, 5.74) is 4.36. The van der Waals surface area contributed by atoms with Gasteiger partial charge in [0.25, 0.3) is 0 Å². The first-order valence-corrected chi connectivity index (χ1v) is 7.76. The van der Waals surface area contributed by atoms with Crippen molar-refractivity contribution in [2.24, 2.45) is 0 Å². The third-order valence-electron chi connectivity index (χ3n) is 4.26. The first-order valence-electron chi connectivity index (χ1n) is 7.76. The van der Waals surface area contributed by atoms with Gasteiger partial charge in [-0.2, -0.15) is 0 Å². The molecule has 2 aromatic rings. The number of ether oxygens (including phenoxy) is 1. The minimum atomic E-state index is -1.37. The zero-order valence-electron chi connectivity index (χ0n) is 13.6. The van der Waals surface area contributed by atoms with Crippen LogP contribution in [0.5, 0.6) is 0 Å². The molecule has 5 nitrogen and oxygen atoms in total. The molecule has 0 saturated heterocycles. The van der Waals surface area contributed by atoms with Gasteiger partial charge < -0.3 is 15.2 Å². The highest BCUT2D eigenvalue weighted by atomic mass is 16.5. The fraction of sp³-hybridized carbons (Fsp3) is 0.263. The average Bonchev–Trinajstić information content (AvgIpc) is 2.91. The first kappa shape index (κ1) is 16.1. The van der Waals surface area contributed by atoms with Crippen LogP contribution < -0.4 is 5.32 Å². The van der Waals surface area contributed by atoms with Gasteiger partial charge in [-0.3, -0.25) is 0 Å². The molecule has 0 aromatic heterocycles. The Morgan fingerprint density at radius 2 is 1.83 bits per heavy atom. The Balaban J connectivity index is 1.72. The molecule has 0 spiro atoms. The van der Waals surface area contributed by atoms with E-state index in [0.29, 0.717) is 0 Å². The molecule has 124 valence electrons. The molecule has 0 heterocycles. The Kier molecular flexibility index (Phi) is 4.01. The molecule has 0 aliphatic heterocycles. The van der Waals surface area contributed by atoms with Gasteiger partial charge in [-0.15, -0.1) is 0 Å². The molecule has 0 atom stereocenters. The van der Waals surface area contributed by atoms with Gasteiger partial charge in [-0.05, 0) is 48.1 Å². The van der Waals surface area contributed by atoms with E-state index in [2.05, 4.69) is 23.5 Å². The van der Waals surface area contributed by atoms with E-state index in [0.717, 1.165) is 23.1 Å². The van der Waals surface area contributed by atoms with Crippen molar-refractivity contribution in [1.82, 2.24) is 5.32 Å². The van der Waals surface area contributed by atoms with Gasteiger partial charge >= 0.3 is 12.1 Å². The van der Waals surface area contributed by atoms with E-state index in [1.54, 1.807) is 0 Å². The van der Waals surface area contributed by atoms with Crippen LogP contribution >= 0.6 is 0 Å². The zero-order valence-corrected chi connectivity index (χ0v) is 13.6. The van der Waals surface area contributed by atoms with E-state index in [1.807, 2.05) is 24.3 Å². The van der Waals surface area contributed by atoms with Gasteiger partial charge in [0.05, 0.1) is 0 Å². The van der Waals surface area contributed by atoms with Crippen molar-refractivity contribution in [1.29, 1.82) is 0 Å². The molecule has 24 heavy (non-hydrogen) atoms. The van der Waals surface area contributed by atoms with Crippen molar-refractivity contribution >= 4 is 12.1 Å². The number of aliphatic carboxylic acids is 1. The largest absolute Gasteiger partial charge is 0.480 e. The van der Waals surface area contributed by atoms with Crippen LogP contribution in [0.3, 0.4) is 0 Å². The molecule has 1 amide bonds. The van der Waals surface area contributed by atoms with Crippen LogP contribution in [-0.4, -0.2) is 22.7 Å². The van der Waals surface area contributed by atoms with Gasteiger partial charge in [0.1, 0.15) is 12.1 Å². The van der Waals surface area contributed by atoms with Gasteiger partial charge in [-0.1, -0.05) is 42.5 Å². The lowest BCUT2D eigenvalue weighted by atomic mass is 10.0. The molecule has 0 bridgehead atoms. The van der Waals surface area contributed by atoms with Crippen LogP contribution in [-0.2, 0) is 22.6 Å². The fourth-order valence-electron chi connectivity index (χ4n) is 2.85. The molecule has 2 aromatic carbocycles. The van der Waals surface area contributed by atoms with Crippen molar-refractivity contribution in [2.45, 2.75) is 32.4 Å². The molecule has 0 saturated carbocycles. The Labute approximate surface area is 140 Å². The summed E-state index contributed by atoms with van der Waals surface area (Å²) >= 11 is 0. The standard InChI is InChI=1S/C19H19NO4/c1-19(2,17(21)22)20-18(23)24-11-13-7-5-9-15-14-8-4-3-6-12(14)10-16(13)15/h3-9H,10-11H2,1-2H3,(H,20,23)(H,21,22). The van der Waals surface area contributed by atoms with E-state index in [4.69, 9.17) is 9.84 Å². The molecule has 1 aliphatic carbocycles. The third-order valence-corrected chi connectivity index (χ3v) is 4.26. The van der Waals surface area contributed by atoms with Crippen LogP contribution in [0.25, 0.3) is 11.1 Å². The van der Waals surface area contributed by atoms with Gasteiger partial charge in [-0.25, -0.2) is 9.59 Å². The second kappa shape index (κ2) is 6.00. The molecular weight excluding hydrogens is 306 g/mol. The Morgan fingerprint density at radius 3 is 2.58 bits per heavy atom. The predicted molar refractivity (Wildman–Crippen MR) is 89.7 cm³/mol. The molecule has 0 fully saturated rings. The maximum absolute atomic E-state index is 11.9. The summed E-state index contributed by atoms with van der Waals surface area (Å²) in [6.45, 7) is 2.93. The normalized spacial score (nSPS) is 12.2. The number of alkyl carbamates (subject to hydrolysis) is 1. The Bertz CT molecular complexity index is 811. The van der Waals surface area contributed by atoms with E-state index in [9.17, 15) is 9.59 Å². The van der Waals surface area contributed by atoms with E-state index >= 15 is 0 Å². The number of carboxylic acid groups (broad SMARTS) is 1. The topological polar surface area (TPSA) is 75.6 Å². The van der Waals surface area contributed by atoms with Gasteiger partial charge in [0, 0.05) is 0 Å². The third kappa shape index (κ3) is 2.97. The van der Waals surface area contributed by atoms with Gasteiger partial charge in [0.15, 0.2) is 0 Å². The smallest absolute Gasteiger partial charge is 0.408 e. The van der Waals surface area contributed by atoms with Gasteiger partial charge in [0.2, 0.25) is 0 Å².